The summed E-state index contributed by atoms with van der Waals surface area (Å²) in [7, 11) is 1.41. The fourth-order valence-corrected chi connectivity index (χ4v) is 3.04. The molecule has 1 aromatic rings. The highest BCUT2D eigenvalue weighted by atomic mass is 16.5. The van der Waals surface area contributed by atoms with Crippen LogP contribution in [0.25, 0.3) is 0 Å². The first-order valence-electron chi connectivity index (χ1n) is 7.35. The van der Waals surface area contributed by atoms with Crippen molar-refractivity contribution in [1.82, 2.24) is 10.9 Å². The Hall–Kier alpha value is -1.88. The summed E-state index contributed by atoms with van der Waals surface area (Å²) < 4.78 is 4.89. The van der Waals surface area contributed by atoms with E-state index in [1.54, 1.807) is 6.34 Å². The summed E-state index contributed by atoms with van der Waals surface area (Å²) in [5.74, 6) is 0.271. The number of benzene rings is 1. The van der Waals surface area contributed by atoms with Gasteiger partial charge in [-0.25, -0.2) is 15.2 Å². The van der Waals surface area contributed by atoms with Crippen LogP contribution in [0.1, 0.15) is 59.2 Å². The fourth-order valence-electron chi connectivity index (χ4n) is 3.04. The van der Waals surface area contributed by atoms with Crippen molar-refractivity contribution < 1.29 is 9.53 Å². The zero-order valence-electron chi connectivity index (χ0n) is 12.7. The lowest BCUT2D eigenvalue weighted by atomic mass is 9.75. The van der Waals surface area contributed by atoms with E-state index in [0.717, 1.165) is 11.1 Å². The van der Waals surface area contributed by atoms with E-state index >= 15 is 0 Å². The van der Waals surface area contributed by atoms with Crippen LogP contribution in [0.2, 0.25) is 0 Å². The Morgan fingerprint density at radius 2 is 2.19 bits per heavy atom. The predicted molar refractivity (Wildman–Crippen MR) is 81.2 cm³/mol. The van der Waals surface area contributed by atoms with Crippen molar-refractivity contribution in [1.29, 1.82) is 0 Å². The molecule has 5 heteroatoms. The molecule has 0 radical (unpaired) electrons. The molecule has 21 heavy (non-hydrogen) atoms. The number of carbonyl (C=O) groups excluding carboxylic acids is 1. The highest BCUT2D eigenvalue weighted by molar-refractivity contribution is 5.91. The zero-order valence-corrected chi connectivity index (χ0v) is 12.7. The van der Waals surface area contributed by atoms with Gasteiger partial charge in [-0.2, -0.15) is 0 Å². The summed E-state index contributed by atoms with van der Waals surface area (Å²) in [5, 5.41) is 0. The lowest BCUT2D eigenvalue weighted by Crippen LogP contribution is -2.41. The number of hydrazine groups is 1. The van der Waals surface area contributed by atoms with Crippen LogP contribution in [0.15, 0.2) is 17.1 Å². The summed E-state index contributed by atoms with van der Waals surface area (Å²) >= 11 is 0. The molecule has 1 unspecified atom stereocenters. The highest BCUT2D eigenvalue weighted by Crippen LogP contribution is 2.42. The van der Waals surface area contributed by atoms with Crippen LogP contribution in [0, 0.1) is 6.92 Å². The number of aliphatic imine (C=N–C) groups is 1. The maximum atomic E-state index is 12.0. The number of esters is 1. The maximum absolute atomic E-state index is 12.0. The summed E-state index contributed by atoms with van der Waals surface area (Å²) in [6.07, 6.45) is 5.34. The van der Waals surface area contributed by atoms with Crippen molar-refractivity contribution in [2.75, 3.05) is 7.11 Å². The Morgan fingerprint density at radius 3 is 2.71 bits per heavy atom. The third-order valence-electron chi connectivity index (χ3n) is 4.57. The van der Waals surface area contributed by atoms with Gasteiger partial charge in [-0.05, 0) is 55.4 Å². The van der Waals surface area contributed by atoms with Crippen molar-refractivity contribution in [3.8, 4) is 0 Å². The van der Waals surface area contributed by atoms with Gasteiger partial charge in [0.2, 0.25) is 0 Å². The van der Waals surface area contributed by atoms with Crippen molar-refractivity contribution in [3.05, 3.63) is 34.4 Å². The van der Waals surface area contributed by atoms with Gasteiger partial charge in [0, 0.05) is 0 Å². The van der Waals surface area contributed by atoms with Crippen LogP contribution in [-0.2, 0) is 10.4 Å². The molecule has 0 amide bonds. The van der Waals surface area contributed by atoms with Gasteiger partial charge in [-0.3, -0.25) is 0 Å². The molecule has 3 rings (SSSR count). The topological polar surface area (TPSA) is 62.7 Å². The minimum Gasteiger partial charge on any atom is -0.465 e. The van der Waals surface area contributed by atoms with Gasteiger partial charge in [0.15, 0.2) is 5.66 Å². The lowest BCUT2D eigenvalue weighted by molar-refractivity contribution is 0.0599. The van der Waals surface area contributed by atoms with E-state index in [4.69, 9.17) is 4.74 Å². The molecule has 1 aliphatic heterocycles. The average molecular weight is 287 g/mol. The number of nitrogens with one attached hydrogen (secondary N) is 2. The van der Waals surface area contributed by atoms with Gasteiger partial charge in [-0.15, -0.1) is 0 Å². The highest BCUT2D eigenvalue weighted by Gasteiger charge is 2.35. The molecule has 1 heterocycles. The third kappa shape index (κ3) is 2.31. The third-order valence-corrected chi connectivity index (χ3v) is 4.57. The lowest BCUT2D eigenvalue weighted by Gasteiger charge is -2.33. The maximum Gasteiger partial charge on any atom is 0.338 e. The number of methoxy groups -OCH3 is 1. The molecule has 1 saturated carbocycles. The van der Waals surface area contributed by atoms with Crippen LogP contribution >= 0.6 is 0 Å². The summed E-state index contributed by atoms with van der Waals surface area (Å²) in [4.78, 5) is 16.5. The molecule has 0 bridgehead atoms. The molecule has 2 N–H and O–H groups in total. The Bertz CT molecular complexity index is 608. The van der Waals surface area contributed by atoms with Gasteiger partial charge < -0.3 is 10.2 Å². The van der Waals surface area contributed by atoms with Gasteiger partial charge in [0.1, 0.15) is 0 Å². The standard InChI is InChI=1S/C16H21N3O2/c1-10-7-13(11-5-4-6-11)14(8-12(10)15(20)21-3)16(2)17-9-18-19-16/h7-9,11,19H,4-6H2,1-3H3,(H,17,18). The molecule has 0 saturated heterocycles. The van der Waals surface area contributed by atoms with E-state index in [2.05, 4.69) is 21.9 Å². The molecule has 112 valence electrons. The number of carbonyl (C=O) groups is 1. The smallest absolute Gasteiger partial charge is 0.338 e. The summed E-state index contributed by atoms with van der Waals surface area (Å²) in [6, 6.07) is 4.07. The molecule has 2 aliphatic rings. The Balaban J connectivity index is 2.13. The SMILES string of the molecule is COC(=O)c1cc(C2(C)N=CNN2)c(C2CCC2)cc1C. The summed E-state index contributed by atoms with van der Waals surface area (Å²) in [6.45, 7) is 3.97. The Labute approximate surface area is 124 Å². The minimum atomic E-state index is -0.540. The second-order valence-corrected chi connectivity index (χ2v) is 5.97. The van der Waals surface area contributed by atoms with Gasteiger partial charge >= 0.3 is 5.97 Å². The molecule has 1 fully saturated rings. The van der Waals surface area contributed by atoms with Crippen LogP contribution < -0.4 is 10.9 Å². The molecule has 5 nitrogen and oxygen atoms in total. The number of nitrogens with zero attached hydrogens (tertiary/aromatic N) is 1. The second-order valence-electron chi connectivity index (χ2n) is 5.97. The van der Waals surface area contributed by atoms with E-state index in [0.29, 0.717) is 11.5 Å². The van der Waals surface area contributed by atoms with Crippen LogP contribution in [0.5, 0.6) is 0 Å². The first kappa shape index (κ1) is 14.1. The molecule has 1 aromatic carbocycles. The molecule has 0 spiro atoms. The van der Waals surface area contributed by atoms with Gasteiger partial charge in [0.25, 0.3) is 0 Å². The molecular formula is C16H21N3O2. The Morgan fingerprint density at radius 1 is 1.43 bits per heavy atom. The second kappa shape index (κ2) is 5.15. The van der Waals surface area contributed by atoms with E-state index in [1.165, 1.54) is 31.9 Å². The minimum absolute atomic E-state index is 0.299. The van der Waals surface area contributed by atoms with Crippen molar-refractivity contribution >= 4 is 12.3 Å². The first-order valence-corrected chi connectivity index (χ1v) is 7.35. The van der Waals surface area contributed by atoms with Gasteiger partial charge in [-0.1, -0.05) is 12.5 Å². The number of hydrogen-bond donors (Lipinski definition) is 2. The van der Waals surface area contributed by atoms with Gasteiger partial charge in [0.05, 0.1) is 19.0 Å². The number of hydrogen-bond acceptors (Lipinski definition) is 5. The first-order chi connectivity index (χ1) is 10.0. The number of ether oxygens (including phenoxy) is 1. The average Bonchev–Trinajstić information content (AvgIpc) is 2.84. The predicted octanol–water partition coefficient (Wildman–Crippen LogP) is 2.36. The Kier molecular flexibility index (Phi) is 3.45. The molecule has 1 atom stereocenters. The quantitative estimate of drug-likeness (QED) is 0.838. The van der Waals surface area contributed by atoms with E-state index in [-0.39, 0.29) is 5.97 Å². The van der Waals surface area contributed by atoms with Crippen molar-refractivity contribution in [2.24, 2.45) is 4.99 Å². The van der Waals surface area contributed by atoms with Crippen molar-refractivity contribution in [3.63, 3.8) is 0 Å². The van der Waals surface area contributed by atoms with E-state index < -0.39 is 5.66 Å². The molecule has 0 aromatic heterocycles. The van der Waals surface area contributed by atoms with E-state index in [9.17, 15) is 4.79 Å². The van der Waals surface area contributed by atoms with Crippen molar-refractivity contribution in [2.45, 2.75) is 44.7 Å². The fraction of sp³-hybridized carbons (Fsp3) is 0.500. The van der Waals surface area contributed by atoms with E-state index in [1.807, 2.05) is 19.9 Å². The number of aryl methyl sites for hydroxylation is 1. The number of rotatable bonds is 3. The monoisotopic (exact) mass is 287 g/mol. The zero-order chi connectivity index (χ0) is 15.0. The molecule has 1 aliphatic carbocycles. The normalized spacial score (nSPS) is 24.5. The molecular weight excluding hydrogens is 266 g/mol. The largest absolute Gasteiger partial charge is 0.465 e. The summed E-state index contributed by atoms with van der Waals surface area (Å²) in [5.41, 5.74) is 9.49. The van der Waals surface area contributed by atoms with Crippen LogP contribution in [0.3, 0.4) is 0 Å². The van der Waals surface area contributed by atoms with Crippen LogP contribution in [-0.4, -0.2) is 19.4 Å². The van der Waals surface area contributed by atoms with Crippen LogP contribution in [0.4, 0.5) is 0 Å².